The average molecular weight is 244 g/mol. The minimum Gasteiger partial charge on any atom is -0.345 e. The summed E-state index contributed by atoms with van der Waals surface area (Å²) in [6.45, 7) is 6.28. The molecule has 0 aromatic carbocycles. The van der Waals surface area contributed by atoms with E-state index in [2.05, 4.69) is 40.9 Å². The van der Waals surface area contributed by atoms with Gasteiger partial charge >= 0.3 is 0 Å². The van der Waals surface area contributed by atoms with Crippen LogP contribution in [0.25, 0.3) is 0 Å². The molecule has 1 aromatic heterocycles. The number of nitriles is 1. The highest BCUT2D eigenvalue weighted by Crippen LogP contribution is 2.41. The summed E-state index contributed by atoms with van der Waals surface area (Å²) in [6.07, 6.45) is 2.20. The van der Waals surface area contributed by atoms with Crippen molar-refractivity contribution in [1.29, 1.82) is 5.26 Å². The molecule has 2 aliphatic heterocycles. The molecule has 0 radical (unpaired) electrons. The first kappa shape index (κ1) is 11.8. The van der Waals surface area contributed by atoms with E-state index in [0.717, 1.165) is 44.6 Å². The van der Waals surface area contributed by atoms with Crippen molar-refractivity contribution in [2.24, 2.45) is 0 Å². The lowest BCUT2D eigenvalue weighted by Gasteiger charge is -2.49. The van der Waals surface area contributed by atoms with Gasteiger partial charge in [-0.3, -0.25) is 4.90 Å². The summed E-state index contributed by atoms with van der Waals surface area (Å²) in [7, 11) is 2.21. The molecule has 0 amide bonds. The molecule has 0 aliphatic carbocycles. The van der Waals surface area contributed by atoms with Gasteiger partial charge in [0.05, 0.1) is 16.8 Å². The van der Waals surface area contributed by atoms with Gasteiger partial charge < -0.3 is 9.88 Å². The molecule has 1 saturated heterocycles. The fourth-order valence-electron chi connectivity index (χ4n) is 3.66. The molecule has 1 fully saturated rings. The first-order chi connectivity index (χ1) is 8.69. The maximum Gasteiger partial charge on any atom is 0.101 e. The van der Waals surface area contributed by atoms with Crippen LogP contribution in [0.2, 0.25) is 0 Å². The number of likely N-dealkylation sites (N-methyl/N-ethyl adjacent to an activating group) is 1. The molecule has 3 heterocycles. The predicted molar refractivity (Wildman–Crippen MR) is 70.3 cm³/mol. The van der Waals surface area contributed by atoms with Gasteiger partial charge in [-0.25, -0.2) is 0 Å². The third-order valence-corrected chi connectivity index (χ3v) is 4.69. The number of hydrogen-bond donors (Lipinski definition) is 1. The Labute approximate surface area is 108 Å². The van der Waals surface area contributed by atoms with Gasteiger partial charge in [0.2, 0.25) is 0 Å². The molecule has 0 atom stereocenters. The Hall–Kier alpha value is -1.31. The van der Waals surface area contributed by atoms with Crippen molar-refractivity contribution in [3.8, 4) is 6.07 Å². The molecule has 4 nitrogen and oxygen atoms in total. The Balaban J connectivity index is 2.19. The van der Waals surface area contributed by atoms with Crippen LogP contribution in [-0.4, -0.2) is 36.1 Å². The lowest BCUT2D eigenvalue weighted by atomic mass is 9.80. The normalized spacial score (nSPS) is 22.7. The highest BCUT2D eigenvalue weighted by Gasteiger charge is 2.44. The molecule has 1 N–H and O–H groups in total. The number of nitrogens with zero attached hydrogens (tertiary/aromatic N) is 3. The van der Waals surface area contributed by atoms with E-state index < -0.39 is 0 Å². The van der Waals surface area contributed by atoms with Crippen LogP contribution < -0.4 is 5.32 Å². The molecule has 96 valence electrons. The summed E-state index contributed by atoms with van der Waals surface area (Å²) in [5, 5.41) is 12.8. The van der Waals surface area contributed by atoms with Gasteiger partial charge in [0.1, 0.15) is 6.07 Å². The molecular formula is C14H20N4. The molecule has 1 aromatic rings. The highest BCUT2D eigenvalue weighted by molar-refractivity contribution is 5.43. The van der Waals surface area contributed by atoms with Crippen molar-refractivity contribution in [3.63, 3.8) is 0 Å². The molecule has 0 saturated carbocycles. The zero-order chi connectivity index (χ0) is 12.8. The van der Waals surface area contributed by atoms with Crippen LogP contribution in [0.3, 0.4) is 0 Å². The zero-order valence-corrected chi connectivity index (χ0v) is 11.2. The summed E-state index contributed by atoms with van der Waals surface area (Å²) in [5.41, 5.74) is 3.44. The number of rotatable bonds is 0. The molecule has 18 heavy (non-hydrogen) atoms. The van der Waals surface area contributed by atoms with Crippen molar-refractivity contribution in [3.05, 3.63) is 23.0 Å². The summed E-state index contributed by atoms with van der Waals surface area (Å²) in [6, 6.07) is 4.45. The minimum atomic E-state index is 0.0722. The third kappa shape index (κ3) is 1.44. The predicted octanol–water partition coefficient (Wildman–Crippen LogP) is 1.19. The fraction of sp³-hybridized carbons (Fsp3) is 0.643. The second kappa shape index (κ2) is 4.11. The molecule has 4 heteroatoms. The Morgan fingerprint density at radius 2 is 2.06 bits per heavy atom. The van der Waals surface area contributed by atoms with Gasteiger partial charge in [0.25, 0.3) is 0 Å². The zero-order valence-electron chi connectivity index (χ0n) is 11.2. The van der Waals surface area contributed by atoms with Gasteiger partial charge in [0, 0.05) is 18.8 Å². The average Bonchev–Trinajstić information content (AvgIpc) is 2.73. The Morgan fingerprint density at radius 1 is 1.33 bits per heavy atom. The summed E-state index contributed by atoms with van der Waals surface area (Å²) in [5.74, 6) is 0. The van der Waals surface area contributed by atoms with Gasteiger partial charge in [-0.15, -0.1) is 0 Å². The van der Waals surface area contributed by atoms with Gasteiger partial charge in [0.15, 0.2) is 0 Å². The standard InChI is InChI=1S/C14H20N4/c1-11-9-12(10-15)13-14(3-5-16-6-4-14)17(2)7-8-18(11)13/h9,16H,3-8H2,1-2H3. The highest BCUT2D eigenvalue weighted by atomic mass is 15.3. The quantitative estimate of drug-likeness (QED) is 0.745. The van der Waals surface area contributed by atoms with Gasteiger partial charge in [-0.1, -0.05) is 0 Å². The van der Waals surface area contributed by atoms with E-state index >= 15 is 0 Å². The van der Waals surface area contributed by atoms with E-state index in [-0.39, 0.29) is 5.54 Å². The van der Waals surface area contributed by atoms with Crippen molar-refractivity contribution in [2.45, 2.75) is 31.8 Å². The van der Waals surface area contributed by atoms with Gasteiger partial charge in [-0.2, -0.15) is 5.26 Å². The molecule has 0 bridgehead atoms. The topological polar surface area (TPSA) is 44.0 Å². The van der Waals surface area contributed by atoms with Crippen LogP contribution in [0.1, 0.15) is 29.8 Å². The Bertz CT molecular complexity index is 503. The van der Waals surface area contributed by atoms with Gasteiger partial charge in [-0.05, 0) is 46.0 Å². The van der Waals surface area contributed by atoms with E-state index in [0.29, 0.717) is 0 Å². The van der Waals surface area contributed by atoms with Crippen molar-refractivity contribution < 1.29 is 0 Å². The monoisotopic (exact) mass is 244 g/mol. The summed E-state index contributed by atoms with van der Waals surface area (Å²) >= 11 is 0. The molecule has 0 unspecified atom stereocenters. The first-order valence-electron chi connectivity index (χ1n) is 6.72. The Kier molecular flexibility index (Phi) is 2.69. The number of aryl methyl sites for hydroxylation is 1. The molecule has 2 aliphatic rings. The van der Waals surface area contributed by atoms with Crippen LogP contribution in [-0.2, 0) is 12.1 Å². The molecular weight excluding hydrogens is 224 g/mol. The lowest BCUT2D eigenvalue weighted by molar-refractivity contribution is 0.0475. The third-order valence-electron chi connectivity index (χ3n) is 4.69. The number of piperidine rings is 1. The van der Waals surface area contributed by atoms with Crippen LogP contribution in [0.4, 0.5) is 0 Å². The number of fused-ring (bicyclic) bond motifs is 2. The molecule has 3 rings (SSSR count). The number of hydrogen-bond acceptors (Lipinski definition) is 3. The van der Waals surface area contributed by atoms with Crippen molar-refractivity contribution in [1.82, 2.24) is 14.8 Å². The smallest absolute Gasteiger partial charge is 0.101 e. The molecule has 1 spiro atoms. The second-order valence-electron chi connectivity index (χ2n) is 5.51. The number of aromatic nitrogens is 1. The minimum absolute atomic E-state index is 0.0722. The van der Waals surface area contributed by atoms with E-state index in [4.69, 9.17) is 0 Å². The summed E-state index contributed by atoms with van der Waals surface area (Å²) < 4.78 is 2.36. The van der Waals surface area contributed by atoms with Crippen LogP contribution >= 0.6 is 0 Å². The summed E-state index contributed by atoms with van der Waals surface area (Å²) in [4.78, 5) is 2.46. The van der Waals surface area contributed by atoms with Crippen LogP contribution in [0, 0.1) is 18.3 Å². The lowest BCUT2D eigenvalue weighted by Crippen LogP contribution is -2.55. The Morgan fingerprint density at radius 3 is 2.72 bits per heavy atom. The number of nitrogens with one attached hydrogen (secondary N) is 1. The van der Waals surface area contributed by atoms with E-state index in [1.54, 1.807) is 0 Å². The van der Waals surface area contributed by atoms with E-state index in [1.165, 1.54) is 11.4 Å². The van der Waals surface area contributed by atoms with Crippen LogP contribution in [0.15, 0.2) is 6.07 Å². The first-order valence-corrected chi connectivity index (χ1v) is 6.72. The fourth-order valence-corrected chi connectivity index (χ4v) is 3.66. The van der Waals surface area contributed by atoms with Crippen molar-refractivity contribution in [2.75, 3.05) is 26.7 Å². The second-order valence-corrected chi connectivity index (χ2v) is 5.51. The maximum atomic E-state index is 9.41. The maximum absolute atomic E-state index is 9.41. The van der Waals surface area contributed by atoms with Crippen molar-refractivity contribution >= 4 is 0 Å². The largest absolute Gasteiger partial charge is 0.345 e. The van der Waals surface area contributed by atoms with Crippen LogP contribution in [0.5, 0.6) is 0 Å². The van der Waals surface area contributed by atoms with E-state index in [9.17, 15) is 5.26 Å². The van der Waals surface area contributed by atoms with E-state index in [1.807, 2.05) is 0 Å². The SMILES string of the molecule is Cc1cc(C#N)c2n1CCN(C)C21CCNCC1.